The number of aromatic nitrogens is 2. The van der Waals surface area contributed by atoms with Crippen LogP contribution in [0.2, 0.25) is 0 Å². The maximum atomic E-state index is 5.89. The average Bonchev–Trinajstić information content (AvgIpc) is 2.76. The minimum Gasteiger partial charge on any atom is -0.497 e. The second kappa shape index (κ2) is 6.02. The van der Waals surface area contributed by atoms with Crippen molar-refractivity contribution in [1.29, 1.82) is 0 Å². The first-order chi connectivity index (χ1) is 9.50. The lowest BCUT2D eigenvalue weighted by molar-refractivity contribution is 0.00846. The molecule has 0 fully saturated rings. The number of hydrogen-bond acceptors (Lipinski definition) is 3. The average molecular weight is 297 g/mol. The van der Waals surface area contributed by atoms with E-state index in [0.29, 0.717) is 5.88 Å². The molecule has 110 valence electrons. The van der Waals surface area contributed by atoms with Crippen LogP contribution in [0.4, 0.5) is 0 Å². The summed E-state index contributed by atoms with van der Waals surface area (Å²) in [6.07, 6.45) is 0.734. The second-order valence-electron chi connectivity index (χ2n) is 5.37. The molecule has 0 aliphatic rings. The van der Waals surface area contributed by atoms with Crippen LogP contribution in [0, 0.1) is 0 Å². The smallest absolute Gasteiger partial charge is 0.121 e. The standard InChI is InChI=1S/C15H21ClN2O2/c1-15(2,20-4)10-18-13-9-11(19-3)5-6-12(13)17-14(18)7-8-16/h5-6,9H,7-8,10H2,1-4H3. The van der Waals surface area contributed by atoms with Crippen LogP contribution in [0.1, 0.15) is 19.7 Å². The molecule has 0 bridgehead atoms. The van der Waals surface area contributed by atoms with Crippen molar-refractivity contribution < 1.29 is 9.47 Å². The molecule has 0 atom stereocenters. The van der Waals surface area contributed by atoms with Gasteiger partial charge in [-0.15, -0.1) is 11.6 Å². The zero-order valence-electron chi connectivity index (χ0n) is 12.4. The largest absolute Gasteiger partial charge is 0.497 e. The number of halogens is 1. The number of fused-ring (bicyclic) bond motifs is 1. The first-order valence-corrected chi connectivity index (χ1v) is 7.18. The highest BCUT2D eigenvalue weighted by atomic mass is 35.5. The molecule has 1 heterocycles. The van der Waals surface area contributed by atoms with Gasteiger partial charge in [0.05, 0.1) is 30.3 Å². The van der Waals surface area contributed by atoms with Crippen molar-refractivity contribution in [2.75, 3.05) is 20.1 Å². The lowest BCUT2D eigenvalue weighted by atomic mass is 10.1. The van der Waals surface area contributed by atoms with Gasteiger partial charge in [0.2, 0.25) is 0 Å². The van der Waals surface area contributed by atoms with E-state index in [0.717, 1.165) is 35.6 Å². The third-order valence-corrected chi connectivity index (χ3v) is 3.63. The molecule has 0 aliphatic heterocycles. The van der Waals surface area contributed by atoms with Crippen molar-refractivity contribution in [2.24, 2.45) is 0 Å². The van der Waals surface area contributed by atoms with Crippen LogP contribution in [0.25, 0.3) is 11.0 Å². The Morgan fingerprint density at radius 3 is 2.65 bits per heavy atom. The summed E-state index contributed by atoms with van der Waals surface area (Å²) in [5, 5.41) is 0. The van der Waals surface area contributed by atoms with E-state index in [1.807, 2.05) is 18.2 Å². The summed E-state index contributed by atoms with van der Waals surface area (Å²) in [7, 11) is 3.39. The van der Waals surface area contributed by atoms with Gasteiger partial charge in [-0.25, -0.2) is 4.98 Å². The van der Waals surface area contributed by atoms with Crippen LogP contribution in [0.3, 0.4) is 0 Å². The zero-order chi connectivity index (χ0) is 14.8. The Hall–Kier alpha value is -1.26. The Labute approximate surface area is 124 Å². The Morgan fingerprint density at radius 2 is 2.05 bits per heavy atom. The monoisotopic (exact) mass is 296 g/mol. The minimum atomic E-state index is -0.266. The first-order valence-electron chi connectivity index (χ1n) is 6.65. The number of aryl methyl sites for hydroxylation is 1. The molecule has 0 spiro atoms. The van der Waals surface area contributed by atoms with E-state index in [1.54, 1.807) is 14.2 Å². The van der Waals surface area contributed by atoms with Gasteiger partial charge in [-0.05, 0) is 26.0 Å². The van der Waals surface area contributed by atoms with Gasteiger partial charge in [-0.3, -0.25) is 0 Å². The molecule has 1 aromatic carbocycles. The molecular weight excluding hydrogens is 276 g/mol. The number of rotatable bonds is 6. The van der Waals surface area contributed by atoms with Gasteiger partial charge in [-0.1, -0.05) is 0 Å². The molecule has 1 aromatic heterocycles. The predicted octanol–water partition coefficient (Wildman–Crippen LogP) is 3.25. The van der Waals surface area contributed by atoms with Gasteiger partial charge >= 0.3 is 0 Å². The molecule has 4 nitrogen and oxygen atoms in total. The lowest BCUT2D eigenvalue weighted by Gasteiger charge is -2.25. The highest BCUT2D eigenvalue weighted by Crippen LogP contribution is 2.25. The van der Waals surface area contributed by atoms with Gasteiger partial charge in [0.25, 0.3) is 0 Å². The molecule has 5 heteroatoms. The summed E-state index contributed by atoms with van der Waals surface area (Å²) in [5.74, 6) is 2.35. The molecule has 2 aromatic rings. The summed E-state index contributed by atoms with van der Waals surface area (Å²) < 4.78 is 13.0. The van der Waals surface area contributed by atoms with Crippen LogP contribution >= 0.6 is 11.6 Å². The Balaban J connectivity index is 2.53. The maximum Gasteiger partial charge on any atom is 0.121 e. The topological polar surface area (TPSA) is 36.3 Å². The Bertz CT molecular complexity index is 593. The van der Waals surface area contributed by atoms with E-state index in [9.17, 15) is 0 Å². The van der Waals surface area contributed by atoms with E-state index in [-0.39, 0.29) is 5.60 Å². The van der Waals surface area contributed by atoms with Crippen LogP contribution in [-0.4, -0.2) is 35.3 Å². The molecule has 0 amide bonds. The van der Waals surface area contributed by atoms with Crippen LogP contribution < -0.4 is 4.74 Å². The van der Waals surface area contributed by atoms with Crippen LogP contribution in [-0.2, 0) is 17.7 Å². The van der Waals surface area contributed by atoms with Gasteiger partial charge in [0.15, 0.2) is 0 Å². The number of nitrogens with zero attached hydrogens (tertiary/aromatic N) is 2. The number of ether oxygens (including phenoxy) is 2. The maximum absolute atomic E-state index is 5.89. The number of methoxy groups -OCH3 is 2. The first kappa shape index (κ1) is 15.1. The molecule has 0 radical (unpaired) electrons. The van der Waals surface area contributed by atoms with Crippen molar-refractivity contribution in [2.45, 2.75) is 32.4 Å². The Kier molecular flexibility index (Phi) is 4.55. The van der Waals surface area contributed by atoms with Crippen molar-refractivity contribution in [3.63, 3.8) is 0 Å². The lowest BCUT2D eigenvalue weighted by Crippen LogP contribution is -2.29. The van der Waals surface area contributed by atoms with Gasteiger partial charge in [0, 0.05) is 25.5 Å². The summed E-state index contributed by atoms with van der Waals surface area (Å²) in [6.45, 7) is 4.84. The van der Waals surface area contributed by atoms with E-state index in [4.69, 9.17) is 21.1 Å². The number of alkyl halides is 1. The SMILES string of the molecule is COc1ccc2nc(CCCl)n(CC(C)(C)OC)c2c1. The summed E-state index contributed by atoms with van der Waals surface area (Å²) in [4.78, 5) is 4.66. The summed E-state index contributed by atoms with van der Waals surface area (Å²) in [6, 6.07) is 5.90. The molecule has 2 rings (SSSR count). The van der Waals surface area contributed by atoms with Crippen LogP contribution in [0.15, 0.2) is 18.2 Å². The van der Waals surface area contributed by atoms with Crippen molar-refractivity contribution in [3.05, 3.63) is 24.0 Å². The molecular formula is C15H21ClN2O2. The zero-order valence-corrected chi connectivity index (χ0v) is 13.2. The normalized spacial score (nSPS) is 12.1. The summed E-state index contributed by atoms with van der Waals surface area (Å²) in [5.41, 5.74) is 1.74. The third-order valence-electron chi connectivity index (χ3n) is 3.44. The number of imidazole rings is 1. The van der Waals surface area contributed by atoms with Crippen molar-refractivity contribution in [1.82, 2.24) is 9.55 Å². The molecule has 0 unspecified atom stereocenters. The van der Waals surface area contributed by atoms with E-state index < -0.39 is 0 Å². The van der Waals surface area contributed by atoms with Crippen LogP contribution in [0.5, 0.6) is 5.75 Å². The quantitative estimate of drug-likeness (QED) is 0.768. The molecule has 0 saturated carbocycles. The van der Waals surface area contributed by atoms with E-state index in [2.05, 4.69) is 23.4 Å². The molecule has 0 aliphatic carbocycles. The Morgan fingerprint density at radius 1 is 1.30 bits per heavy atom. The van der Waals surface area contributed by atoms with Gasteiger partial charge in [-0.2, -0.15) is 0 Å². The highest BCUT2D eigenvalue weighted by Gasteiger charge is 2.21. The predicted molar refractivity (Wildman–Crippen MR) is 81.8 cm³/mol. The molecule has 0 saturated heterocycles. The van der Waals surface area contributed by atoms with Gasteiger partial charge in [0.1, 0.15) is 11.6 Å². The fraction of sp³-hybridized carbons (Fsp3) is 0.533. The van der Waals surface area contributed by atoms with Crippen molar-refractivity contribution in [3.8, 4) is 5.75 Å². The third kappa shape index (κ3) is 3.07. The van der Waals surface area contributed by atoms with E-state index >= 15 is 0 Å². The van der Waals surface area contributed by atoms with E-state index in [1.165, 1.54) is 0 Å². The minimum absolute atomic E-state index is 0.266. The number of hydrogen-bond donors (Lipinski definition) is 0. The summed E-state index contributed by atoms with van der Waals surface area (Å²) >= 11 is 5.89. The second-order valence-corrected chi connectivity index (χ2v) is 5.75. The fourth-order valence-corrected chi connectivity index (χ4v) is 2.35. The van der Waals surface area contributed by atoms with Crippen molar-refractivity contribution >= 4 is 22.6 Å². The number of benzene rings is 1. The molecule has 20 heavy (non-hydrogen) atoms. The fourth-order valence-electron chi connectivity index (χ4n) is 2.18. The highest BCUT2D eigenvalue weighted by molar-refractivity contribution is 6.17. The van der Waals surface area contributed by atoms with Gasteiger partial charge < -0.3 is 14.0 Å². The molecule has 0 N–H and O–H groups in total.